The van der Waals surface area contributed by atoms with Gasteiger partial charge in [0.1, 0.15) is 11.6 Å². The highest BCUT2D eigenvalue weighted by molar-refractivity contribution is 5.98. The van der Waals surface area contributed by atoms with Crippen molar-refractivity contribution >= 4 is 23.4 Å². The van der Waals surface area contributed by atoms with Gasteiger partial charge in [-0.15, -0.1) is 0 Å². The lowest BCUT2D eigenvalue weighted by molar-refractivity contribution is -0.117. The van der Waals surface area contributed by atoms with Gasteiger partial charge in [-0.1, -0.05) is 12.1 Å². The van der Waals surface area contributed by atoms with Gasteiger partial charge in [0.15, 0.2) is 0 Å². The summed E-state index contributed by atoms with van der Waals surface area (Å²) in [5.41, 5.74) is 0.720. The average Bonchev–Trinajstić information content (AvgIpc) is 3.26. The maximum Gasteiger partial charge on any atom is 0.320 e. The predicted molar refractivity (Wildman–Crippen MR) is 101 cm³/mol. The van der Waals surface area contributed by atoms with Crippen LogP contribution in [0.5, 0.6) is 5.75 Å². The van der Waals surface area contributed by atoms with Crippen LogP contribution in [-0.4, -0.2) is 41.4 Å². The minimum absolute atomic E-state index is 0.0384. The number of hydrogen-bond donors (Lipinski definition) is 2. The molecule has 1 aliphatic heterocycles. The van der Waals surface area contributed by atoms with Crippen LogP contribution in [0.1, 0.15) is 19.3 Å². The Balaban J connectivity index is 1.37. The van der Waals surface area contributed by atoms with Gasteiger partial charge >= 0.3 is 6.03 Å². The van der Waals surface area contributed by atoms with E-state index >= 15 is 0 Å². The molecule has 3 amide bonds. The van der Waals surface area contributed by atoms with Gasteiger partial charge in [-0.25, -0.2) is 9.48 Å². The molecule has 0 bridgehead atoms. The van der Waals surface area contributed by atoms with Gasteiger partial charge in [0.05, 0.1) is 25.0 Å². The number of hydrogen-bond acceptors (Lipinski definition) is 4. The standard InChI is InChI=1S/C19H23N5O3/c1-27-16-5-3-2-4-15(16)23-12-14(10-18(23)25)21-19(26)22-17-8-9-20-24(17)11-13-6-7-13/h2-5,8-9,13-14H,6-7,10-12H2,1H3,(H2,21,22,26). The Labute approximate surface area is 157 Å². The summed E-state index contributed by atoms with van der Waals surface area (Å²) >= 11 is 0. The second-order valence-corrected chi connectivity index (χ2v) is 7.02. The third kappa shape index (κ3) is 3.89. The topological polar surface area (TPSA) is 88.5 Å². The molecule has 1 aliphatic carbocycles. The van der Waals surface area contributed by atoms with E-state index in [4.69, 9.17) is 4.74 Å². The number of carbonyl (C=O) groups is 2. The number of rotatable bonds is 6. The van der Waals surface area contributed by atoms with Crippen LogP contribution < -0.4 is 20.3 Å². The maximum atomic E-state index is 12.4. The molecule has 2 aliphatic rings. The molecule has 8 nitrogen and oxygen atoms in total. The summed E-state index contributed by atoms with van der Waals surface area (Å²) in [5, 5.41) is 9.99. The Kier molecular flexibility index (Phi) is 4.70. The summed E-state index contributed by atoms with van der Waals surface area (Å²) in [6, 6.07) is 8.57. The predicted octanol–water partition coefficient (Wildman–Crippen LogP) is 2.23. The fourth-order valence-corrected chi connectivity index (χ4v) is 3.36. The summed E-state index contributed by atoms with van der Waals surface area (Å²) in [7, 11) is 1.58. The van der Waals surface area contributed by atoms with E-state index in [1.807, 2.05) is 28.9 Å². The quantitative estimate of drug-likeness (QED) is 0.817. The molecule has 1 saturated carbocycles. The summed E-state index contributed by atoms with van der Waals surface area (Å²) in [5.74, 6) is 1.93. The van der Waals surface area contributed by atoms with Crippen LogP contribution in [-0.2, 0) is 11.3 Å². The van der Waals surface area contributed by atoms with Gasteiger partial charge in [0, 0.05) is 25.6 Å². The molecule has 4 rings (SSSR count). The van der Waals surface area contributed by atoms with Crippen LogP contribution in [0.3, 0.4) is 0 Å². The fourth-order valence-electron chi connectivity index (χ4n) is 3.36. The van der Waals surface area contributed by atoms with E-state index in [-0.39, 0.29) is 24.4 Å². The normalized spacial score (nSPS) is 19.2. The Morgan fingerprint density at radius 1 is 1.30 bits per heavy atom. The lowest BCUT2D eigenvalue weighted by atomic mass is 10.2. The van der Waals surface area contributed by atoms with Gasteiger partial charge in [0.2, 0.25) is 5.91 Å². The van der Waals surface area contributed by atoms with Crippen molar-refractivity contribution in [1.29, 1.82) is 0 Å². The summed E-state index contributed by atoms with van der Waals surface area (Å²) in [4.78, 5) is 26.4. The molecule has 1 aromatic carbocycles. The van der Waals surface area contributed by atoms with Gasteiger partial charge in [-0.05, 0) is 30.9 Å². The first kappa shape index (κ1) is 17.4. The van der Waals surface area contributed by atoms with Crippen molar-refractivity contribution in [3.63, 3.8) is 0 Å². The second kappa shape index (κ2) is 7.30. The Morgan fingerprint density at radius 2 is 2.11 bits per heavy atom. The minimum Gasteiger partial charge on any atom is -0.495 e. The molecule has 8 heteroatoms. The molecule has 142 valence electrons. The zero-order valence-electron chi connectivity index (χ0n) is 15.2. The van der Waals surface area contributed by atoms with Crippen molar-refractivity contribution in [2.24, 2.45) is 5.92 Å². The van der Waals surface area contributed by atoms with E-state index in [9.17, 15) is 9.59 Å². The van der Waals surface area contributed by atoms with Crippen LogP contribution >= 0.6 is 0 Å². The Morgan fingerprint density at radius 3 is 2.89 bits per heavy atom. The lowest BCUT2D eigenvalue weighted by Crippen LogP contribution is -2.40. The SMILES string of the molecule is COc1ccccc1N1CC(NC(=O)Nc2ccnn2CC2CC2)CC1=O. The number of nitrogens with one attached hydrogen (secondary N) is 2. The molecule has 1 aromatic heterocycles. The van der Waals surface area contributed by atoms with Crippen molar-refractivity contribution in [2.75, 3.05) is 23.9 Å². The minimum atomic E-state index is -0.327. The third-order valence-electron chi connectivity index (χ3n) is 4.92. The molecule has 0 spiro atoms. The highest BCUT2D eigenvalue weighted by Gasteiger charge is 2.33. The number of methoxy groups -OCH3 is 1. The number of amides is 3. The smallest absolute Gasteiger partial charge is 0.320 e. The average molecular weight is 369 g/mol. The third-order valence-corrected chi connectivity index (χ3v) is 4.92. The molecule has 1 unspecified atom stereocenters. The maximum absolute atomic E-state index is 12.4. The van der Waals surface area contributed by atoms with Crippen LogP contribution in [0.15, 0.2) is 36.5 Å². The van der Waals surface area contributed by atoms with Gasteiger partial charge in [-0.3, -0.25) is 10.1 Å². The number of benzene rings is 1. The van der Waals surface area contributed by atoms with Crippen LogP contribution in [0.4, 0.5) is 16.3 Å². The van der Waals surface area contributed by atoms with E-state index in [1.165, 1.54) is 12.8 Å². The summed E-state index contributed by atoms with van der Waals surface area (Å²) in [6.07, 6.45) is 4.37. The van der Waals surface area contributed by atoms with E-state index in [2.05, 4.69) is 15.7 Å². The van der Waals surface area contributed by atoms with Crippen LogP contribution in [0.25, 0.3) is 0 Å². The van der Waals surface area contributed by atoms with E-state index in [0.29, 0.717) is 24.0 Å². The molecular formula is C19H23N5O3. The number of ether oxygens (including phenoxy) is 1. The number of carbonyl (C=O) groups excluding carboxylic acids is 2. The number of anilines is 2. The number of aromatic nitrogens is 2. The molecule has 2 N–H and O–H groups in total. The highest BCUT2D eigenvalue weighted by atomic mass is 16.5. The largest absolute Gasteiger partial charge is 0.495 e. The monoisotopic (exact) mass is 369 g/mol. The van der Waals surface area contributed by atoms with Gasteiger partial charge in [0.25, 0.3) is 0 Å². The first-order valence-corrected chi connectivity index (χ1v) is 9.16. The van der Waals surface area contributed by atoms with Crippen LogP contribution in [0, 0.1) is 5.92 Å². The van der Waals surface area contributed by atoms with Gasteiger partial charge < -0.3 is 15.0 Å². The number of nitrogens with zero attached hydrogens (tertiary/aromatic N) is 3. The zero-order valence-corrected chi connectivity index (χ0v) is 15.2. The van der Waals surface area contributed by atoms with Gasteiger partial charge in [-0.2, -0.15) is 5.10 Å². The van der Waals surface area contributed by atoms with Crippen molar-refractivity contribution in [3.05, 3.63) is 36.5 Å². The molecule has 2 heterocycles. The van der Waals surface area contributed by atoms with Crippen molar-refractivity contribution in [3.8, 4) is 5.75 Å². The molecule has 0 radical (unpaired) electrons. The van der Waals surface area contributed by atoms with Crippen molar-refractivity contribution in [1.82, 2.24) is 15.1 Å². The van der Waals surface area contributed by atoms with Crippen LogP contribution in [0.2, 0.25) is 0 Å². The van der Waals surface area contributed by atoms with Crippen molar-refractivity contribution in [2.45, 2.75) is 31.8 Å². The van der Waals surface area contributed by atoms with Crippen molar-refractivity contribution < 1.29 is 14.3 Å². The first-order valence-electron chi connectivity index (χ1n) is 9.16. The molecule has 2 fully saturated rings. The summed E-state index contributed by atoms with van der Waals surface area (Å²) < 4.78 is 7.16. The van der Waals surface area contributed by atoms with E-state index < -0.39 is 0 Å². The summed E-state index contributed by atoms with van der Waals surface area (Å²) in [6.45, 7) is 1.24. The first-order chi connectivity index (χ1) is 13.1. The Hall–Kier alpha value is -3.03. The lowest BCUT2D eigenvalue weighted by Gasteiger charge is -2.19. The zero-order chi connectivity index (χ0) is 18.8. The Bertz CT molecular complexity index is 845. The second-order valence-electron chi connectivity index (χ2n) is 7.02. The molecule has 1 atom stereocenters. The molecule has 27 heavy (non-hydrogen) atoms. The molecular weight excluding hydrogens is 346 g/mol. The fraction of sp³-hybridized carbons (Fsp3) is 0.421. The van der Waals surface area contributed by atoms with E-state index in [1.54, 1.807) is 24.3 Å². The van der Waals surface area contributed by atoms with E-state index in [0.717, 1.165) is 12.2 Å². The number of para-hydroxylation sites is 2. The molecule has 1 saturated heterocycles. The number of urea groups is 1. The highest BCUT2D eigenvalue weighted by Crippen LogP contribution is 2.32. The molecule has 2 aromatic rings.